The first-order chi connectivity index (χ1) is 19.4. The molecule has 0 fully saturated rings. The second kappa shape index (κ2) is 7.55. The molecule has 0 saturated heterocycles. The van der Waals surface area contributed by atoms with Crippen LogP contribution < -0.4 is 0 Å². The average Bonchev–Trinajstić information content (AvgIpc) is 3.67. The van der Waals surface area contributed by atoms with E-state index in [1.165, 1.54) is 0 Å². The molecule has 5 heterocycles. The summed E-state index contributed by atoms with van der Waals surface area (Å²) in [5.74, 6) is 0.811. The van der Waals surface area contributed by atoms with Crippen molar-refractivity contribution in [3.05, 3.63) is 115 Å². The smallest absolute Gasteiger partial charge is 0.149 e. The van der Waals surface area contributed by atoms with E-state index < -0.39 is 0 Å². The molecule has 0 aliphatic carbocycles. The molecule has 0 N–H and O–H groups in total. The lowest BCUT2D eigenvalue weighted by atomic mass is 10.0. The average molecular weight is 502 g/mol. The van der Waals surface area contributed by atoms with E-state index in [2.05, 4.69) is 58.1 Å². The van der Waals surface area contributed by atoms with Gasteiger partial charge in [-0.15, -0.1) is 0 Å². The van der Waals surface area contributed by atoms with Gasteiger partial charge in [0.2, 0.25) is 0 Å². The Kier molecular flexibility index (Phi) is 3.99. The molecule has 0 unspecified atom stereocenters. The second-order valence-corrected chi connectivity index (χ2v) is 9.78. The monoisotopic (exact) mass is 501 g/mol. The van der Waals surface area contributed by atoms with Crippen LogP contribution in [-0.2, 0) is 0 Å². The molecule has 5 aromatic heterocycles. The van der Waals surface area contributed by atoms with E-state index in [9.17, 15) is 0 Å². The third-order valence-corrected chi connectivity index (χ3v) is 7.65. The van der Waals surface area contributed by atoms with Crippen LogP contribution in [0.4, 0.5) is 0 Å². The lowest BCUT2D eigenvalue weighted by Gasteiger charge is -2.10. The summed E-state index contributed by atoms with van der Waals surface area (Å²) in [6, 6.07) is 36.9. The van der Waals surface area contributed by atoms with Crippen LogP contribution >= 0.6 is 0 Å². The Morgan fingerprint density at radius 2 is 1.13 bits per heavy atom. The first-order valence-electron chi connectivity index (χ1n) is 12.9. The molecule has 9 rings (SSSR count). The van der Waals surface area contributed by atoms with Crippen LogP contribution in [0.3, 0.4) is 0 Å². The van der Waals surface area contributed by atoms with Crippen LogP contribution in [0.1, 0.15) is 0 Å². The summed E-state index contributed by atoms with van der Waals surface area (Å²) in [6.45, 7) is 0. The second-order valence-electron chi connectivity index (χ2n) is 9.78. The standard InChI is InChI=1S/C34H19N3O2/c1-4-15-25-20(10-1)29-32(37(25)28-18-9-14-24(36-28)23-13-7-8-19-35-23)30-21-11-2-5-16-26(21)38-34(30)31-22-12-3-6-17-27(22)39-33(29)31/h1-19H. The molecule has 0 aliphatic heterocycles. The van der Waals surface area contributed by atoms with Crippen LogP contribution in [0.25, 0.3) is 82.9 Å². The molecule has 39 heavy (non-hydrogen) atoms. The molecule has 9 aromatic rings. The summed E-state index contributed by atoms with van der Waals surface area (Å²) < 4.78 is 15.5. The molecule has 0 radical (unpaired) electrons. The van der Waals surface area contributed by atoms with E-state index in [-0.39, 0.29) is 0 Å². The third-order valence-electron chi connectivity index (χ3n) is 7.65. The highest BCUT2D eigenvalue weighted by molar-refractivity contribution is 6.37. The highest BCUT2D eigenvalue weighted by Gasteiger charge is 2.26. The molecule has 0 saturated carbocycles. The van der Waals surface area contributed by atoms with Crippen LogP contribution in [-0.4, -0.2) is 14.5 Å². The highest BCUT2D eigenvalue weighted by atomic mass is 16.3. The highest BCUT2D eigenvalue weighted by Crippen LogP contribution is 2.48. The summed E-state index contributed by atoms with van der Waals surface area (Å²) in [5.41, 5.74) is 7.07. The van der Waals surface area contributed by atoms with Crippen molar-refractivity contribution in [1.82, 2.24) is 14.5 Å². The van der Waals surface area contributed by atoms with Gasteiger partial charge in [-0.3, -0.25) is 9.55 Å². The molecule has 0 spiro atoms. The molecular weight excluding hydrogens is 482 g/mol. The van der Waals surface area contributed by atoms with Crippen molar-refractivity contribution < 1.29 is 8.83 Å². The number of benzene rings is 4. The predicted molar refractivity (Wildman–Crippen MR) is 156 cm³/mol. The lowest BCUT2D eigenvalue weighted by molar-refractivity contribution is 0.665. The lowest BCUT2D eigenvalue weighted by Crippen LogP contribution is -1.99. The van der Waals surface area contributed by atoms with Gasteiger partial charge in [-0.1, -0.05) is 66.7 Å². The minimum absolute atomic E-state index is 0.811. The molecule has 0 aliphatic rings. The Morgan fingerprint density at radius 3 is 1.87 bits per heavy atom. The van der Waals surface area contributed by atoms with Crippen molar-refractivity contribution in [2.75, 3.05) is 0 Å². The van der Waals surface area contributed by atoms with E-state index in [4.69, 9.17) is 13.8 Å². The van der Waals surface area contributed by atoms with Gasteiger partial charge < -0.3 is 8.83 Å². The summed E-state index contributed by atoms with van der Waals surface area (Å²) in [7, 11) is 0. The van der Waals surface area contributed by atoms with Crippen molar-refractivity contribution in [1.29, 1.82) is 0 Å². The zero-order valence-corrected chi connectivity index (χ0v) is 20.6. The number of hydrogen-bond donors (Lipinski definition) is 0. The van der Waals surface area contributed by atoms with E-state index >= 15 is 0 Å². The summed E-state index contributed by atoms with van der Waals surface area (Å²) in [4.78, 5) is 9.66. The Labute approximate surface area is 221 Å². The summed E-state index contributed by atoms with van der Waals surface area (Å²) in [5, 5.41) is 6.33. The van der Waals surface area contributed by atoms with Gasteiger partial charge in [0.1, 0.15) is 28.1 Å². The topological polar surface area (TPSA) is 57.0 Å². The van der Waals surface area contributed by atoms with Crippen LogP contribution in [0.15, 0.2) is 124 Å². The normalized spacial score (nSPS) is 12.1. The maximum atomic E-state index is 6.62. The van der Waals surface area contributed by atoms with Crippen molar-refractivity contribution in [2.24, 2.45) is 0 Å². The summed E-state index contributed by atoms with van der Waals surface area (Å²) >= 11 is 0. The maximum Gasteiger partial charge on any atom is 0.149 e. The van der Waals surface area contributed by atoms with Gasteiger partial charge >= 0.3 is 0 Å². The summed E-state index contributed by atoms with van der Waals surface area (Å²) in [6.07, 6.45) is 1.80. The van der Waals surface area contributed by atoms with Gasteiger partial charge in [-0.05, 0) is 42.5 Å². The Balaban J connectivity index is 1.55. The SMILES string of the molecule is c1ccc(-c2cccc(-n3c4ccccc4c4c5oc6ccccc6c5c5oc6ccccc6c5c43)n2)nc1. The van der Waals surface area contributed by atoms with Crippen LogP contribution in [0.2, 0.25) is 0 Å². The Morgan fingerprint density at radius 1 is 0.513 bits per heavy atom. The van der Waals surface area contributed by atoms with E-state index in [0.29, 0.717) is 0 Å². The van der Waals surface area contributed by atoms with Crippen LogP contribution in [0, 0.1) is 0 Å². The molecule has 0 bridgehead atoms. The Bertz CT molecular complexity index is 2360. The molecule has 0 amide bonds. The number of hydrogen-bond acceptors (Lipinski definition) is 4. The van der Waals surface area contributed by atoms with Gasteiger partial charge in [0.15, 0.2) is 0 Å². The van der Waals surface area contributed by atoms with Gasteiger partial charge in [-0.2, -0.15) is 0 Å². The van der Waals surface area contributed by atoms with Crippen molar-refractivity contribution >= 4 is 65.7 Å². The number of rotatable bonds is 2. The number of fused-ring (bicyclic) bond motifs is 12. The zero-order chi connectivity index (χ0) is 25.5. The molecule has 0 atom stereocenters. The molecule has 182 valence electrons. The van der Waals surface area contributed by atoms with Gasteiger partial charge in [0.25, 0.3) is 0 Å². The van der Waals surface area contributed by atoms with Gasteiger partial charge in [0, 0.05) is 22.4 Å². The van der Waals surface area contributed by atoms with Crippen molar-refractivity contribution in [3.63, 3.8) is 0 Å². The van der Waals surface area contributed by atoms with Crippen LogP contribution in [0.5, 0.6) is 0 Å². The molecule has 4 aromatic carbocycles. The number of pyridine rings is 2. The number of furan rings is 2. The minimum atomic E-state index is 0.811. The maximum absolute atomic E-state index is 6.62. The minimum Gasteiger partial charge on any atom is -0.455 e. The Hall–Kier alpha value is -5.42. The van der Waals surface area contributed by atoms with E-state index in [1.54, 1.807) is 6.20 Å². The predicted octanol–water partition coefficient (Wildman–Crippen LogP) is 9.04. The zero-order valence-electron chi connectivity index (χ0n) is 20.6. The number of aromatic nitrogens is 3. The molecule has 5 nitrogen and oxygen atoms in total. The van der Waals surface area contributed by atoms with Crippen molar-refractivity contribution in [3.8, 4) is 17.2 Å². The van der Waals surface area contributed by atoms with E-state index in [1.807, 2.05) is 60.7 Å². The van der Waals surface area contributed by atoms with E-state index in [0.717, 1.165) is 82.9 Å². The molecule has 5 heteroatoms. The number of nitrogens with zero attached hydrogens (tertiary/aromatic N) is 3. The fourth-order valence-corrected chi connectivity index (χ4v) is 6.05. The fourth-order valence-electron chi connectivity index (χ4n) is 6.05. The quantitative estimate of drug-likeness (QED) is 0.237. The first kappa shape index (κ1) is 20.6. The van der Waals surface area contributed by atoms with Gasteiger partial charge in [-0.25, -0.2) is 4.98 Å². The fraction of sp³-hybridized carbons (Fsp3) is 0. The largest absolute Gasteiger partial charge is 0.455 e. The molecular formula is C34H19N3O2. The van der Waals surface area contributed by atoms with Gasteiger partial charge in [0.05, 0.1) is 38.6 Å². The number of para-hydroxylation sites is 3. The third kappa shape index (κ3) is 2.73. The first-order valence-corrected chi connectivity index (χ1v) is 12.9. The van der Waals surface area contributed by atoms with Crippen molar-refractivity contribution in [2.45, 2.75) is 0 Å².